The molecule has 10 heteroatoms. The zero-order valence-corrected chi connectivity index (χ0v) is 29.2. The Hall–Kier alpha value is -3.30. The molecule has 1 aliphatic carbocycles. The van der Waals surface area contributed by atoms with E-state index in [1.54, 1.807) is 9.80 Å². The van der Waals surface area contributed by atoms with Crippen molar-refractivity contribution in [3.05, 3.63) is 70.7 Å². The topological polar surface area (TPSA) is 79.4 Å². The van der Waals surface area contributed by atoms with Crippen LogP contribution in [-0.2, 0) is 17.8 Å². The second-order valence-electron chi connectivity index (χ2n) is 13.9. The van der Waals surface area contributed by atoms with Gasteiger partial charge in [0.15, 0.2) is 0 Å². The van der Waals surface area contributed by atoms with E-state index in [0.717, 1.165) is 49.7 Å². The van der Waals surface area contributed by atoms with E-state index in [1.165, 1.54) is 19.3 Å². The van der Waals surface area contributed by atoms with Crippen LogP contribution in [0.4, 0.5) is 9.59 Å². The molecule has 0 spiro atoms. The largest absolute Gasteiger partial charge is 0.341 e. The first-order chi connectivity index (χ1) is 22.7. The summed E-state index contributed by atoms with van der Waals surface area (Å²) in [4.78, 5) is 50.3. The van der Waals surface area contributed by atoms with Gasteiger partial charge in [-0.1, -0.05) is 73.3 Å². The minimum Gasteiger partial charge on any atom is -0.341 e. The molecule has 2 aromatic rings. The number of benzene rings is 2. The van der Waals surface area contributed by atoms with Gasteiger partial charge < -0.3 is 29.8 Å². The first-order valence-corrected chi connectivity index (χ1v) is 17.9. The average molecular weight is 665 g/mol. The lowest BCUT2D eigenvalue weighted by atomic mass is 9.91. The molecule has 47 heavy (non-hydrogen) atoms. The Kier molecular flexibility index (Phi) is 12.4. The van der Waals surface area contributed by atoms with Crippen LogP contribution in [0.5, 0.6) is 0 Å². The van der Waals surface area contributed by atoms with Crippen molar-refractivity contribution >= 4 is 29.6 Å². The number of piperidine rings is 2. The Morgan fingerprint density at radius 2 is 1.36 bits per heavy atom. The third-order valence-corrected chi connectivity index (χ3v) is 10.4. The fourth-order valence-corrected chi connectivity index (χ4v) is 7.67. The fraction of sp³-hybridized carbons (Fsp3) is 0.595. The van der Waals surface area contributed by atoms with Gasteiger partial charge in [0.2, 0.25) is 5.91 Å². The number of carbonyl (C=O) groups is 3. The number of rotatable bonds is 9. The van der Waals surface area contributed by atoms with Gasteiger partial charge in [0.05, 0.1) is 6.04 Å². The van der Waals surface area contributed by atoms with E-state index < -0.39 is 0 Å². The van der Waals surface area contributed by atoms with Gasteiger partial charge in [-0.05, 0) is 68.2 Å². The molecule has 0 unspecified atom stereocenters. The van der Waals surface area contributed by atoms with Gasteiger partial charge in [-0.25, -0.2) is 9.59 Å². The predicted molar refractivity (Wildman–Crippen MR) is 187 cm³/mol. The van der Waals surface area contributed by atoms with Crippen molar-refractivity contribution in [1.29, 1.82) is 0 Å². The molecule has 0 bridgehead atoms. The number of halogens is 1. The number of likely N-dealkylation sites (tertiary alicyclic amines) is 2. The number of carbonyl (C=O) groups excluding carboxylic acids is 3. The third kappa shape index (κ3) is 9.41. The lowest BCUT2D eigenvalue weighted by Crippen LogP contribution is -2.58. The maximum Gasteiger partial charge on any atom is 0.320 e. The molecule has 5 rings (SSSR count). The highest BCUT2D eigenvalue weighted by Gasteiger charge is 2.37. The van der Waals surface area contributed by atoms with E-state index in [1.807, 2.05) is 85.5 Å². The number of urea groups is 2. The summed E-state index contributed by atoms with van der Waals surface area (Å²) in [6.07, 6.45) is 9.49. The molecule has 3 aliphatic rings. The fourth-order valence-electron chi connectivity index (χ4n) is 7.55. The molecule has 0 radical (unpaired) electrons. The quantitative estimate of drug-likeness (QED) is 0.364. The molecule has 2 heterocycles. The molecular formula is C37H53ClN6O3. The summed E-state index contributed by atoms with van der Waals surface area (Å²) in [7, 11) is 5.54. The summed E-state index contributed by atoms with van der Waals surface area (Å²) in [5.74, 6) is 0.114. The predicted octanol–water partition coefficient (Wildman–Crippen LogP) is 5.86. The van der Waals surface area contributed by atoms with Crippen LogP contribution < -0.4 is 5.32 Å². The molecule has 1 saturated carbocycles. The van der Waals surface area contributed by atoms with Crippen LogP contribution in [0.1, 0.15) is 68.9 Å². The standard InChI is InChI=1S/C37H53ClN6O3/c1-40(2)36(46)44(32-12-8-5-9-13-32)33-20-24-42(25-21-33)35(45)34(26-28-14-16-30(38)17-15-28)39-31-18-22-43(23-19-31)37(47)41(3)27-29-10-6-4-7-11-29/h4,6-7,10-11,14-17,31-34,39H,5,8-9,12-13,18-27H2,1-3H3/t34-/m1/s1. The molecule has 2 aliphatic heterocycles. The molecule has 5 amide bonds. The monoisotopic (exact) mass is 664 g/mol. The second kappa shape index (κ2) is 16.7. The number of amides is 5. The van der Waals surface area contributed by atoms with E-state index in [-0.39, 0.29) is 36.1 Å². The molecule has 9 nitrogen and oxygen atoms in total. The number of hydrogen-bond acceptors (Lipinski definition) is 4. The Labute approximate surface area is 286 Å². The van der Waals surface area contributed by atoms with Crippen molar-refractivity contribution in [2.24, 2.45) is 0 Å². The molecule has 2 aromatic carbocycles. The highest BCUT2D eigenvalue weighted by molar-refractivity contribution is 6.30. The van der Waals surface area contributed by atoms with Crippen molar-refractivity contribution in [2.75, 3.05) is 47.3 Å². The van der Waals surface area contributed by atoms with E-state index in [4.69, 9.17) is 11.6 Å². The maximum absolute atomic E-state index is 14.2. The van der Waals surface area contributed by atoms with Gasteiger partial charge in [0, 0.05) is 77.0 Å². The third-order valence-electron chi connectivity index (χ3n) is 10.2. The number of nitrogens with zero attached hydrogens (tertiary/aromatic N) is 5. The first-order valence-electron chi connectivity index (χ1n) is 17.5. The summed E-state index contributed by atoms with van der Waals surface area (Å²) in [6.45, 7) is 3.17. The smallest absolute Gasteiger partial charge is 0.320 e. The Bertz CT molecular complexity index is 1300. The minimum absolute atomic E-state index is 0.0407. The van der Waals surface area contributed by atoms with Gasteiger partial charge in [0.25, 0.3) is 0 Å². The van der Waals surface area contributed by atoms with Crippen LogP contribution in [0, 0.1) is 0 Å². The van der Waals surface area contributed by atoms with Gasteiger partial charge in [0.1, 0.15) is 0 Å². The highest BCUT2D eigenvalue weighted by Crippen LogP contribution is 2.29. The lowest BCUT2D eigenvalue weighted by molar-refractivity contribution is -0.135. The van der Waals surface area contributed by atoms with Crippen LogP contribution >= 0.6 is 11.6 Å². The van der Waals surface area contributed by atoms with Gasteiger partial charge in [-0.2, -0.15) is 0 Å². The lowest BCUT2D eigenvalue weighted by Gasteiger charge is -2.45. The van der Waals surface area contributed by atoms with Crippen molar-refractivity contribution in [3.8, 4) is 0 Å². The SMILES string of the molecule is CN(C)C(=O)N(C1CCCCC1)C1CCN(C(=O)[C@@H](Cc2ccc(Cl)cc2)NC2CCN(C(=O)N(C)Cc3ccccc3)CC2)CC1. The normalized spacial score (nSPS) is 18.9. The summed E-state index contributed by atoms with van der Waals surface area (Å²) in [5, 5.41) is 4.39. The zero-order chi connectivity index (χ0) is 33.3. The molecule has 1 atom stereocenters. The zero-order valence-electron chi connectivity index (χ0n) is 28.5. The van der Waals surface area contributed by atoms with Gasteiger partial charge >= 0.3 is 12.1 Å². The Morgan fingerprint density at radius 1 is 0.766 bits per heavy atom. The summed E-state index contributed by atoms with van der Waals surface area (Å²) in [6, 6.07) is 18.1. The average Bonchev–Trinajstić information content (AvgIpc) is 3.10. The molecule has 256 valence electrons. The maximum atomic E-state index is 14.2. The second-order valence-corrected chi connectivity index (χ2v) is 14.3. The van der Waals surface area contributed by atoms with Crippen LogP contribution in [0.2, 0.25) is 5.02 Å². The van der Waals surface area contributed by atoms with E-state index in [0.29, 0.717) is 50.2 Å². The summed E-state index contributed by atoms with van der Waals surface area (Å²) >= 11 is 6.17. The number of hydrogen-bond donors (Lipinski definition) is 1. The summed E-state index contributed by atoms with van der Waals surface area (Å²) in [5.41, 5.74) is 2.17. The Morgan fingerprint density at radius 3 is 1.98 bits per heavy atom. The van der Waals surface area contributed by atoms with E-state index in [2.05, 4.69) is 10.2 Å². The van der Waals surface area contributed by atoms with Crippen molar-refractivity contribution < 1.29 is 14.4 Å². The van der Waals surface area contributed by atoms with Crippen LogP contribution in [0.15, 0.2) is 54.6 Å². The van der Waals surface area contributed by atoms with Gasteiger partial charge in [-0.15, -0.1) is 0 Å². The Balaban J connectivity index is 1.20. The van der Waals surface area contributed by atoms with E-state index in [9.17, 15) is 14.4 Å². The minimum atomic E-state index is -0.376. The van der Waals surface area contributed by atoms with Crippen molar-refractivity contribution in [1.82, 2.24) is 29.8 Å². The molecule has 3 fully saturated rings. The number of nitrogens with one attached hydrogen (secondary N) is 1. The van der Waals surface area contributed by atoms with Crippen molar-refractivity contribution in [2.45, 2.75) is 94.9 Å². The van der Waals surface area contributed by atoms with Crippen molar-refractivity contribution in [3.63, 3.8) is 0 Å². The van der Waals surface area contributed by atoms with E-state index >= 15 is 0 Å². The molecule has 2 saturated heterocycles. The molecule has 1 N–H and O–H groups in total. The van der Waals surface area contributed by atoms with Gasteiger partial charge in [-0.3, -0.25) is 4.79 Å². The van der Waals surface area contributed by atoms with Crippen LogP contribution in [0.3, 0.4) is 0 Å². The molecular weight excluding hydrogens is 612 g/mol. The molecule has 0 aromatic heterocycles. The van der Waals surface area contributed by atoms with Crippen LogP contribution in [0.25, 0.3) is 0 Å². The highest BCUT2D eigenvalue weighted by atomic mass is 35.5. The summed E-state index contributed by atoms with van der Waals surface area (Å²) < 4.78 is 0. The van der Waals surface area contributed by atoms with Crippen LogP contribution in [-0.4, -0.2) is 114 Å². The first kappa shape index (κ1) is 35.0.